The van der Waals surface area contributed by atoms with E-state index in [1.807, 2.05) is 31.2 Å². The molecule has 0 atom stereocenters. The number of anilines is 1. The zero-order valence-electron chi connectivity index (χ0n) is 16.5. The number of amides is 1. The zero-order chi connectivity index (χ0) is 19.1. The summed E-state index contributed by atoms with van der Waals surface area (Å²) < 4.78 is 5.59. The van der Waals surface area contributed by atoms with Gasteiger partial charge in [-0.25, -0.2) is 0 Å². The fourth-order valence-corrected chi connectivity index (χ4v) is 3.65. The second kappa shape index (κ2) is 9.45. The predicted octanol–water partition coefficient (Wildman–Crippen LogP) is 3.90. The van der Waals surface area contributed by atoms with E-state index in [0.717, 1.165) is 37.2 Å². The minimum absolute atomic E-state index is 0.0566. The van der Waals surface area contributed by atoms with Crippen LogP contribution < -0.4 is 15.0 Å². The van der Waals surface area contributed by atoms with E-state index in [1.165, 1.54) is 29.7 Å². The first kappa shape index (κ1) is 19.3. The van der Waals surface area contributed by atoms with E-state index < -0.39 is 0 Å². The number of benzene rings is 2. The minimum Gasteiger partial charge on any atom is -0.484 e. The number of carbonyl (C=O) groups excluding carboxylic acids is 1. The molecule has 0 spiro atoms. The van der Waals surface area contributed by atoms with E-state index in [0.29, 0.717) is 6.54 Å². The van der Waals surface area contributed by atoms with Crippen molar-refractivity contribution in [2.24, 2.45) is 0 Å². The van der Waals surface area contributed by atoms with Crippen molar-refractivity contribution >= 4 is 11.6 Å². The van der Waals surface area contributed by atoms with Crippen LogP contribution in [0.3, 0.4) is 0 Å². The summed E-state index contributed by atoms with van der Waals surface area (Å²) in [6, 6.07) is 14.5. The first-order valence-corrected chi connectivity index (χ1v) is 9.99. The Balaban J connectivity index is 1.46. The summed E-state index contributed by atoms with van der Waals surface area (Å²) in [6.07, 6.45) is 4.40. The topological polar surface area (TPSA) is 41.6 Å². The summed E-state index contributed by atoms with van der Waals surface area (Å²) in [5, 5.41) is 2.96. The van der Waals surface area contributed by atoms with Crippen LogP contribution in [0, 0.1) is 6.92 Å². The Kier molecular flexibility index (Phi) is 6.74. The molecule has 1 aliphatic heterocycles. The molecule has 0 aliphatic carbocycles. The largest absolute Gasteiger partial charge is 0.484 e. The summed E-state index contributed by atoms with van der Waals surface area (Å²) in [4.78, 5) is 14.5. The lowest BCUT2D eigenvalue weighted by molar-refractivity contribution is -0.123. The molecule has 2 aromatic carbocycles. The van der Waals surface area contributed by atoms with Crippen LogP contribution in [0.25, 0.3) is 0 Å². The SMILES string of the molecule is CCCN1CCCc2cc(CCNC(=O)COc3ccccc3C)ccc21. The van der Waals surface area contributed by atoms with E-state index in [-0.39, 0.29) is 12.5 Å². The van der Waals surface area contributed by atoms with Gasteiger partial charge in [-0.05, 0) is 61.4 Å². The molecule has 4 heteroatoms. The summed E-state index contributed by atoms with van der Waals surface area (Å²) in [5.74, 6) is 0.685. The van der Waals surface area contributed by atoms with Crippen LogP contribution in [-0.2, 0) is 17.6 Å². The van der Waals surface area contributed by atoms with Gasteiger partial charge >= 0.3 is 0 Å². The monoisotopic (exact) mass is 366 g/mol. The molecule has 144 valence electrons. The molecule has 1 amide bonds. The standard InChI is InChI=1S/C23H30N2O2/c1-3-14-25-15-6-8-20-16-19(10-11-21(20)25)12-13-24-23(26)17-27-22-9-5-4-7-18(22)2/h4-5,7,9-11,16H,3,6,8,12-15,17H2,1-2H3,(H,24,26). The van der Waals surface area contributed by atoms with Crippen LogP contribution >= 0.6 is 0 Å². The van der Waals surface area contributed by atoms with Gasteiger partial charge in [0, 0.05) is 25.3 Å². The number of carbonyl (C=O) groups is 1. The number of nitrogens with zero attached hydrogens (tertiary/aromatic N) is 1. The van der Waals surface area contributed by atoms with Crippen molar-refractivity contribution in [2.75, 3.05) is 31.1 Å². The molecule has 1 aliphatic rings. The molecule has 0 aromatic heterocycles. The van der Waals surface area contributed by atoms with Gasteiger partial charge in [-0.15, -0.1) is 0 Å². The Labute approximate surface area is 162 Å². The van der Waals surface area contributed by atoms with Crippen molar-refractivity contribution in [3.05, 3.63) is 59.2 Å². The highest BCUT2D eigenvalue weighted by Gasteiger charge is 2.16. The van der Waals surface area contributed by atoms with Crippen molar-refractivity contribution in [3.8, 4) is 5.75 Å². The second-order valence-electron chi connectivity index (χ2n) is 7.21. The van der Waals surface area contributed by atoms with Crippen LogP contribution in [0.2, 0.25) is 0 Å². The van der Waals surface area contributed by atoms with Gasteiger partial charge < -0.3 is 15.0 Å². The van der Waals surface area contributed by atoms with E-state index >= 15 is 0 Å². The summed E-state index contributed by atoms with van der Waals surface area (Å²) in [5.41, 5.74) is 5.16. The van der Waals surface area contributed by atoms with Gasteiger partial charge in [0.25, 0.3) is 5.91 Å². The number of fused-ring (bicyclic) bond motifs is 1. The molecule has 0 bridgehead atoms. The molecule has 0 fully saturated rings. The Morgan fingerprint density at radius 3 is 2.89 bits per heavy atom. The molecular formula is C23H30N2O2. The highest BCUT2D eigenvalue weighted by atomic mass is 16.5. The predicted molar refractivity (Wildman–Crippen MR) is 111 cm³/mol. The van der Waals surface area contributed by atoms with Gasteiger partial charge in [0.05, 0.1) is 0 Å². The highest BCUT2D eigenvalue weighted by Crippen LogP contribution is 2.28. The molecular weight excluding hydrogens is 336 g/mol. The van der Waals surface area contributed by atoms with Crippen molar-refractivity contribution in [2.45, 2.75) is 39.5 Å². The van der Waals surface area contributed by atoms with E-state index in [2.05, 4.69) is 35.3 Å². The lowest BCUT2D eigenvalue weighted by Crippen LogP contribution is -2.31. The molecule has 0 saturated carbocycles. The van der Waals surface area contributed by atoms with Crippen LogP contribution in [0.5, 0.6) is 5.75 Å². The maximum atomic E-state index is 12.0. The lowest BCUT2D eigenvalue weighted by Gasteiger charge is -2.31. The lowest BCUT2D eigenvalue weighted by atomic mass is 9.98. The van der Waals surface area contributed by atoms with Crippen molar-refractivity contribution < 1.29 is 9.53 Å². The van der Waals surface area contributed by atoms with Gasteiger partial charge in [-0.2, -0.15) is 0 Å². The van der Waals surface area contributed by atoms with Gasteiger partial charge in [0.15, 0.2) is 6.61 Å². The third-order valence-electron chi connectivity index (χ3n) is 5.04. The molecule has 1 heterocycles. The minimum atomic E-state index is -0.0784. The van der Waals surface area contributed by atoms with Crippen molar-refractivity contribution in [1.29, 1.82) is 0 Å². The van der Waals surface area contributed by atoms with Crippen molar-refractivity contribution in [1.82, 2.24) is 5.32 Å². The number of hydrogen-bond acceptors (Lipinski definition) is 3. The number of nitrogens with one attached hydrogen (secondary N) is 1. The van der Waals surface area contributed by atoms with Gasteiger partial charge in [0.1, 0.15) is 5.75 Å². The Morgan fingerprint density at radius 2 is 2.07 bits per heavy atom. The zero-order valence-corrected chi connectivity index (χ0v) is 16.5. The number of aryl methyl sites for hydroxylation is 2. The molecule has 0 saturated heterocycles. The van der Waals surface area contributed by atoms with Crippen LogP contribution in [0.4, 0.5) is 5.69 Å². The number of hydrogen-bond donors (Lipinski definition) is 1. The average Bonchev–Trinajstić information content (AvgIpc) is 2.68. The molecule has 4 nitrogen and oxygen atoms in total. The first-order chi connectivity index (χ1) is 13.2. The third kappa shape index (κ3) is 5.25. The number of rotatable bonds is 8. The number of ether oxygens (including phenoxy) is 1. The fourth-order valence-electron chi connectivity index (χ4n) is 3.65. The third-order valence-corrected chi connectivity index (χ3v) is 5.04. The second-order valence-corrected chi connectivity index (χ2v) is 7.21. The van der Waals surface area contributed by atoms with E-state index in [4.69, 9.17) is 4.74 Å². The Bertz CT molecular complexity index is 773. The van der Waals surface area contributed by atoms with Gasteiger partial charge in [-0.3, -0.25) is 4.79 Å². The van der Waals surface area contributed by atoms with Gasteiger partial charge in [0.2, 0.25) is 0 Å². The fraction of sp³-hybridized carbons (Fsp3) is 0.435. The molecule has 27 heavy (non-hydrogen) atoms. The number of para-hydroxylation sites is 1. The van der Waals surface area contributed by atoms with Crippen LogP contribution in [-0.4, -0.2) is 32.1 Å². The summed E-state index contributed by atoms with van der Waals surface area (Å²) in [6.45, 7) is 7.19. The van der Waals surface area contributed by atoms with E-state index in [1.54, 1.807) is 0 Å². The molecule has 0 unspecified atom stereocenters. The van der Waals surface area contributed by atoms with E-state index in [9.17, 15) is 4.79 Å². The average molecular weight is 367 g/mol. The Hall–Kier alpha value is -2.49. The van der Waals surface area contributed by atoms with Crippen LogP contribution in [0.1, 0.15) is 36.5 Å². The van der Waals surface area contributed by atoms with Gasteiger partial charge in [-0.1, -0.05) is 37.3 Å². The first-order valence-electron chi connectivity index (χ1n) is 9.99. The maximum Gasteiger partial charge on any atom is 0.257 e. The highest BCUT2D eigenvalue weighted by molar-refractivity contribution is 5.77. The summed E-state index contributed by atoms with van der Waals surface area (Å²) >= 11 is 0. The van der Waals surface area contributed by atoms with Crippen LogP contribution in [0.15, 0.2) is 42.5 Å². The molecule has 0 radical (unpaired) electrons. The normalized spacial score (nSPS) is 13.2. The Morgan fingerprint density at radius 1 is 1.22 bits per heavy atom. The smallest absolute Gasteiger partial charge is 0.257 e. The molecule has 3 rings (SSSR count). The van der Waals surface area contributed by atoms with Crippen molar-refractivity contribution in [3.63, 3.8) is 0 Å². The maximum absolute atomic E-state index is 12.0. The quantitative estimate of drug-likeness (QED) is 0.770. The molecule has 1 N–H and O–H groups in total. The summed E-state index contributed by atoms with van der Waals surface area (Å²) in [7, 11) is 0. The molecule has 2 aromatic rings.